The Morgan fingerprint density at radius 3 is 2.43 bits per heavy atom. The SMILES string of the molecule is O=c1ccc(CONC2=CCN(S(=O)(=O)c3ccc(OC(F)(F)F)cc3)CC2)c[nH]1. The first kappa shape index (κ1) is 21.9. The van der Waals surface area contributed by atoms with E-state index in [2.05, 4.69) is 15.2 Å². The van der Waals surface area contributed by atoms with Crippen LogP contribution in [-0.4, -0.2) is 37.2 Å². The molecule has 8 nitrogen and oxygen atoms in total. The van der Waals surface area contributed by atoms with Gasteiger partial charge in [-0.05, 0) is 42.0 Å². The molecule has 1 aromatic heterocycles. The number of hydrogen-bond acceptors (Lipinski definition) is 6. The minimum atomic E-state index is -4.85. The second-order valence-corrected chi connectivity index (χ2v) is 8.25. The number of aromatic amines is 1. The lowest BCUT2D eigenvalue weighted by Gasteiger charge is -2.26. The van der Waals surface area contributed by atoms with Crippen LogP contribution in [0.4, 0.5) is 13.2 Å². The number of nitrogens with one attached hydrogen (secondary N) is 2. The number of hydrogen-bond donors (Lipinski definition) is 2. The number of ether oxygens (including phenoxy) is 1. The van der Waals surface area contributed by atoms with Crippen molar-refractivity contribution in [1.29, 1.82) is 0 Å². The van der Waals surface area contributed by atoms with Gasteiger partial charge in [0.15, 0.2) is 0 Å². The number of aromatic nitrogens is 1. The number of halogens is 3. The minimum Gasteiger partial charge on any atom is -0.406 e. The molecule has 0 atom stereocenters. The van der Waals surface area contributed by atoms with Gasteiger partial charge in [-0.2, -0.15) is 4.31 Å². The van der Waals surface area contributed by atoms with Crippen LogP contribution in [-0.2, 0) is 21.5 Å². The molecule has 30 heavy (non-hydrogen) atoms. The van der Waals surface area contributed by atoms with Gasteiger partial charge < -0.3 is 9.72 Å². The molecule has 2 heterocycles. The lowest BCUT2D eigenvalue weighted by molar-refractivity contribution is -0.274. The van der Waals surface area contributed by atoms with E-state index in [-0.39, 0.29) is 30.2 Å². The van der Waals surface area contributed by atoms with Gasteiger partial charge >= 0.3 is 6.36 Å². The highest BCUT2D eigenvalue weighted by Crippen LogP contribution is 2.26. The standard InChI is InChI=1S/C18H18F3N3O5S/c19-18(20,21)29-15-2-4-16(5-3-15)30(26,27)24-9-7-14(8-10-24)23-28-12-13-1-6-17(25)22-11-13/h1-7,11,23H,8-10,12H2,(H,22,25). The van der Waals surface area contributed by atoms with Gasteiger partial charge in [-0.15, -0.1) is 13.2 Å². The third kappa shape index (κ3) is 5.84. The first-order chi connectivity index (χ1) is 14.1. The summed E-state index contributed by atoms with van der Waals surface area (Å²) < 4.78 is 67.0. The Labute approximate surface area is 169 Å². The van der Waals surface area contributed by atoms with Crippen LogP contribution < -0.4 is 15.8 Å². The van der Waals surface area contributed by atoms with E-state index in [1.807, 2.05) is 0 Å². The number of H-pyrrole nitrogens is 1. The average Bonchev–Trinajstić information content (AvgIpc) is 2.69. The molecule has 0 aliphatic carbocycles. The lowest BCUT2D eigenvalue weighted by atomic mass is 10.2. The predicted octanol–water partition coefficient (Wildman–Crippen LogP) is 2.27. The van der Waals surface area contributed by atoms with Gasteiger partial charge in [0.25, 0.3) is 0 Å². The highest BCUT2D eigenvalue weighted by atomic mass is 32.2. The lowest BCUT2D eigenvalue weighted by Crippen LogP contribution is -2.36. The van der Waals surface area contributed by atoms with Crippen molar-refractivity contribution in [3.8, 4) is 5.75 Å². The van der Waals surface area contributed by atoms with Gasteiger partial charge in [-0.25, -0.2) is 8.42 Å². The largest absolute Gasteiger partial charge is 0.573 e. The van der Waals surface area contributed by atoms with E-state index in [0.29, 0.717) is 12.1 Å². The zero-order valence-electron chi connectivity index (χ0n) is 15.5. The summed E-state index contributed by atoms with van der Waals surface area (Å²) in [5.41, 5.74) is 3.98. The van der Waals surface area contributed by atoms with Crippen molar-refractivity contribution in [3.05, 3.63) is 70.3 Å². The Hall–Kier alpha value is -2.83. The fraction of sp³-hybridized carbons (Fsp3) is 0.278. The van der Waals surface area contributed by atoms with Crippen molar-refractivity contribution in [3.63, 3.8) is 0 Å². The molecule has 1 aliphatic heterocycles. The molecular weight excluding hydrogens is 427 g/mol. The predicted molar refractivity (Wildman–Crippen MR) is 99.6 cm³/mol. The molecule has 1 aliphatic rings. The summed E-state index contributed by atoms with van der Waals surface area (Å²) in [5.74, 6) is -0.494. The van der Waals surface area contributed by atoms with Crippen LogP contribution in [0.3, 0.4) is 0 Å². The molecule has 0 saturated heterocycles. The van der Waals surface area contributed by atoms with E-state index < -0.39 is 22.1 Å². The molecular formula is C18H18F3N3O5S. The van der Waals surface area contributed by atoms with Crippen LogP contribution in [0.5, 0.6) is 5.75 Å². The average molecular weight is 445 g/mol. The Morgan fingerprint density at radius 2 is 1.87 bits per heavy atom. The topological polar surface area (TPSA) is 101 Å². The van der Waals surface area contributed by atoms with Gasteiger partial charge in [0, 0.05) is 37.5 Å². The summed E-state index contributed by atoms with van der Waals surface area (Å²) in [6.07, 6.45) is -1.31. The van der Waals surface area contributed by atoms with E-state index in [9.17, 15) is 26.4 Å². The van der Waals surface area contributed by atoms with Crippen molar-refractivity contribution in [2.75, 3.05) is 13.1 Å². The van der Waals surface area contributed by atoms with Crippen LogP contribution in [0, 0.1) is 0 Å². The monoisotopic (exact) mass is 445 g/mol. The van der Waals surface area contributed by atoms with E-state index >= 15 is 0 Å². The Bertz CT molecular complexity index is 1050. The molecule has 12 heteroatoms. The maximum absolute atomic E-state index is 12.7. The number of benzene rings is 1. The number of nitrogens with zero attached hydrogens (tertiary/aromatic N) is 1. The minimum absolute atomic E-state index is 0.0769. The molecule has 0 unspecified atom stereocenters. The van der Waals surface area contributed by atoms with Gasteiger partial charge in [-0.1, -0.05) is 0 Å². The molecule has 2 N–H and O–H groups in total. The van der Waals surface area contributed by atoms with Crippen molar-refractivity contribution >= 4 is 10.0 Å². The highest BCUT2D eigenvalue weighted by molar-refractivity contribution is 7.89. The molecule has 162 valence electrons. The molecule has 0 amide bonds. The van der Waals surface area contributed by atoms with E-state index in [1.165, 1.54) is 16.6 Å². The van der Waals surface area contributed by atoms with Crippen LogP contribution in [0.2, 0.25) is 0 Å². The van der Waals surface area contributed by atoms with Crippen LogP contribution in [0.1, 0.15) is 12.0 Å². The van der Waals surface area contributed by atoms with Gasteiger partial charge in [0.2, 0.25) is 15.6 Å². The van der Waals surface area contributed by atoms with Crippen molar-refractivity contribution in [2.24, 2.45) is 0 Å². The summed E-state index contributed by atoms with van der Waals surface area (Å²) in [4.78, 5) is 18.7. The molecule has 0 saturated carbocycles. The highest BCUT2D eigenvalue weighted by Gasteiger charge is 2.31. The molecule has 3 rings (SSSR count). The van der Waals surface area contributed by atoms with Crippen molar-refractivity contribution in [2.45, 2.75) is 24.3 Å². The fourth-order valence-corrected chi connectivity index (χ4v) is 4.05. The maximum Gasteiger partial charge on any atom is 0.573 e. The van der Waals surface area contributed by atoms with Crippen molar-refractivity contribution in [1.82, 2.24) is 14.8 Å². The number of sulfonamides is 1. The molecule has 0 fully saturated rings. The smallest absolute Gasteiger partial charge is 0.406 e. The Balaban J connectivity index is 1.55. The number of pyridine rings is 1. The van der Waals surface area contributed by atoms with Crippen LogP contribution in [0.15, 0.2) is 64.1 Å². The molecule has 0 bridgehead atoms. The zero-order chi connectivity index (χ0) is 21.8. The Kier molecular flexibility index (Phi) is 6.48. The molecule has 0 spiro atoms. The Morgan fingerprint density at radius 1 is 1.13 bits per heavy atom. The second kappa shape index (κ2) is 8.90. The summed E-state index contributed by atoms with van der Waals surface area (Å²) in [6, 6.07) is 7.05. The second-order valence-electron chi connectivity index (χ2n) is 6.31. The fourth-order valence-electron chi connectivity index (χ4n) is 2.67. The summed E-state index contributed by atoms with van der Waals surface area (Å²) in [6.45, 7) is 0.444. The zero-order valence-corrected chi connectivity index (χ0v) is 16.3. The van der Waals surface area contributed by atoms with Gasteiger partial charge in [0.05, 0.1) is 4.90 Å². The van der Waals surface area contributed by atoms with E-state index in [4.69, 9.17) is 4.84 Å². The molecule has 2 aromatic rings. The summed E-state index contributed by atoms with van der Waals surface area (Å²) in [5, 5.41) is 0. The first-order valence-corrected chi connectivity index (χ1v) is 10.2. The summed E-state index contributed by atoms with van der Waals surface area (Å²) in [7, 11) is -3.86. The van der Waals surface area contributed by atoms with E-state index in [1.54, 1.807) is 12.1 Å². The van der Waals surface area contributed by atoms with Crippen LogP contribution >= 0.6 is 0 Å². The number of hydroxylamine groups is 1. The van der Waals surface area contributed by atoms with Crippen LogP contribution in [0.25, 0.3) is 0 Å². The van der Waals surface area contributed by atoms with Crippen molar-refractivity contribution < 1.29 is 31.2 Å². The van der Waals surface area contributed by atoms with E-state index in [0.717, 1.165) is 29.8 Å². The third-order valence-electron chi connectivity index (χ3n) is 4.16. The normalized spacial score (nSPS) is 15.5. The van der Waals surface area contributed by atoms with Gasteiger partial charge in [-0.3, -0.25) is 15.1 Å². The summed E-state index contributed by atoms with van der Waals surface area (Å²) >= 11 is 0. The maximum atomic E-state index is 12.7. The number of alkyl halides is 3. The quantitative estimate of drug-likeness (QED) is 0.635. The third-order valence-corrected chi connectivity index (χ3v) is 6.04. The molecule has 1 aromatic carbocycles. The first-order valence-electron chi connectivity index (χ1n) is 8.74. The molecule has 0 radical (unpaired) electrons. The number of rotatable bonds is 7. The van der Waals surface area contributed by atoms with Gasteiger partial charge in [0.1, 0.15) is 12.4 Å².